The number of ether oxygens (including phenoxy) is 1. The quantitative estimate of drug-likeness (QED) is 0.0370. The van der Waals surface area contributed by atoms with Crippen molar-refractivity contribution in [2.45, 2.75) is 138 Å². The summed E-state index contributed by atoms with van der Waals surface area (Å²) in [6, 6.07) is 0. The van der Waals surface area contributed by atoms with Crippen molar-refractivity contribution in [1.82, 2.24) is 0 Å². The van der Waals surface area contributed by atoms with Gasteiger partial charge in [0.1, 0.15) is 12.4 Å². The van der Waals surface area contributed by atoms with E-state index in [2.05, 4.69) is 71.1 Å². The molecule has 0 radical (unpaired) electrons. The van der Waals surface area contributed by atoms with Crippen molar-refractivity contribution in [2.24, 2.45) is 5.41 Å². The molecule has 0 saturated heterocycles. The van der Waals surface area contributed by atoms with E-state index < -0.39 is 0 Å². The summed E-state index contributed by atoms with van der Waals surface area (Å²) in [6.07, 6.45) is 37.0. The number of hydrogen-bond acceptors (Lipinski definition) is 3. The molecular weight excluding hydrogens is 504 g/mol. The zero-order valence-corrected chi connectivity index (χ0v) is 27.1. The van der Waals surface area contributed by atoms with Gasteiger partial charge in [0, 0.05) is 6.42 Å². The van der Waals surface area contributed by atoms with Crippen LogP contribution < -0.4 is 0 Å². The zero-order chi connectivity index (χ0) is 30.3. The molecule has 1 unspecified atom stereocenters. The van der Waals surface area contributed by atoms with Crippen molar-refractivity contribution < 1.29 is 14.3 Å². The molecule has 3 heteroatoms. The van der Waals surface area contributed by atoms with Gasteiger partial charge in [-0.15, -0.1) is 0 Å². The van der Waals surface area contributed by atoms with E-state index >= 15 is 0 Å². The third-order valence-corrected chi connectivity index (χ3v) is 7.84. The fourth-order valence-corrected chi connectivity index (χ4v) is 5.14. The molecule has 1 atom stereocenters. The number of unbranched alkanes of at least 4 members (excludes halogenated alkanes) is 8. The Hall–Kier alpha value is -2.68. The van der Waals surface area contributed by atoms with E-state index in [9.17, 15) is 9.59 Å². The van der Waals surface area contributed by atoms with Crippen molar-refractivity contribution in [1.29, 1.82) is 0 Å². The van der Waals surface area contributed by atoms with E-state index in [0.717, 1.165) is 56.0 Å². The van der Waals surface area contributed by atoms with Crippen LogP contribution in [0.15, 0.2) is 83.1 Å². The molecule has 3 nitrogen and oxygen atoms in total. The van der Waals surface area contributed by atoms with Gasteiger partial charge in [-0.25, -0.2) is 0 Å². The Bertz CT molecular complexity index is 981. The smallest absolute Gasteiger partial charge is 0.306 e. The minimum absolute atomic E-state index is 0.0447. The zero-order valence-electron chi connectivity index (χ0n) is 27.1. The third-order valence-electron chi connectivity index (χ3n) is 7.84. The summed E-state index contributed by atoms with van der Waals surface area (Å²) in [5.74, 6) is -0.0666. The Morgan fingerprint density at radius 1 is 0.878 bits per heavy atom. The van der Waals surface area contributed by atoms with Crippen molar-refractivity contribution in [2.75, 3.05) is 0 Å². The average molecular weight is 563 g/mol. The summed E-state index contributed by atoms with van der Waals surface area (Å²) < 4.78 is 5.96. The maximum atomic E-state index is 12.6. The molecule has 0 aromatic carbocycles. The van der Waals surface area contributed by atoms with E-state index in [1.54, 1.807) is 6.08 Å². The fraction of sp³-hybridized carbons (Fsp3) is 0.579. The van der Waals surface area contributed by atoms with E-state index in [-0.39, 0.29) is 17.5 Å². The van der Waals surface area contributed by atoms with Gasteiger partial charge < -0.3 is 4.74 Å². The molecule has 0 amide bonds. The van der Waals surface area contributed by atoms with Crippen LogP contribution in [0.3, 0.4) is 0 Å². The first-order valence-corrected chi connectivity index (χ1v) is 16.1. The highest BCUT2D eigenvalue weighted by Gasteiger charge is 2.33. The van der Waals surface area contributed by atoms with Crippen LogP contribution in [0.2, 0.25) is 0 Å². The van der Waals surface area contributed by atoms with Crippen LogP contribution in [0.4, 0.5) is 0 Å². The number of allylic oxidation sites excluding steroid dienone is 13. The minimum Gasteiger partial charge on any atom is -0.458 e. The molecule has 0 fully saturated rings. The molecule has 1 rings (SSSR count). The molecule has 0 saturated carbocycles. The maximum absolute atomic E-state index is 12.6. The molecule has 0 spiro atoms. The Morgan fingerprint density at radius 3 is 2.20 bits per heavy atom. The highest BCUT2D eigenvalue weighted by Crippen LogP contribution is 2.42. The van der Waals surface area contributed by atoms with Gasteiger partial charge in [-0.2, -0.15) is 0 Å². The van der Waals surface area contributed by atoms with Gasteiger partial charge in [0.2, 0.25) is 0 Å². The highest BCUT2D eigenvalue weighted by molar-refractivity contribution is 5.70. The molecule has 0 N–H and O–H groups in total. The van der Waals surface area contributed by atoms with Gasteiger partial charge in [-0.3, -0.25) is 9.59 Å². The molecule has 0 bridgehead atoms. The lowest BCUT2D eigenvalue weighted by atomic mass is 9.71. The largest absolute Gasteiger partial charge is 0.458 e. The van der Waals surface area contributed by atoms with Crippen molar-refractivity contribution in [3.8, 4) is 0 Å². The van der Waals surface area contributed by atoms with Gasteiger partial charge >= 0.3 is 5.97 Å². The lowest BCUT2D eigenvalue weighted by molar-refractivity contribution is -0.148. The maximum Gasteiger partial charge on any atom is 0.306 e. The SMILES string of the molecule is CCCCC/C=C\C/C=C\CCCCCCCC(=O)OC1CCC(C)(C)C(C=CC(C)=CC=CC(C)=CC=O)=C1C. The summed E-state index contributed by atoms with van der Waals surface area (Å²) in [5, 5.41) is 0. The van der Waals surface area contributed by atoms with Crippen molar-refractivity contribution >= 4 is 12.3 Å². The second kappa shape index (κ2) is 22.0. The monoisotopic (exact) mass is 562 g/mol. The molecule has 0 aromatic rings. The number of rotatable bonds is 20. The number of carbonyl (C=O) groups is 2. The lowest BCUT2D eigenvalue weighted by Gasteiger charge is -2.37. The second-order valence-corrected chi connectivity index (χ2v) is 12.1. The normalized spacial score (nSPS) is 18.4. The summed E-state index contributed by atoms with van der Waals surface area (Å²) in [7, 11) is 0. The van der Waals surface area contributed by atoms with Gasteiger partial charge in [0.25, 0.3) is 0 Å². The number of carbonyl (C=O) groups excluding carboxylic acids is 2. The van der Waals surface area contributed by atoms with Gasteiger partial charge in [-0.1, -0.05) is 113 Å². The minimum atomic E-state index is -0.131. The molecule has 228 valence electrons. The van der Waals surface area contributed by atoms with Crippen LogP contribution in [0.5, 0.6) is 0 Å². The predicted molar refractivity (Wildman–Crippen MR) is 177 cm³/mol. The number of hydrogen-bond donors (Lipinski definition) is 0. The highest BCUT2D eigenvalue weighted by atomic mass is 16.5. The molecule has 1 aliphatic carbocycles. The van der Waals surface area contributed by atoms with Crippen LogP contribution >= 0.6 is 0 Å². The van der Waals surface area contributed by atoms with Crippen molar-refractivity contribution in [3.63, 3.8) is 0 Å². The first-order chi connectivity index (χ1) is 19.7. The van der Waals surface area contributed by atoms with Gasteiger partial charge in [-0.05, 0) is 100 Å². The molecule has 1 aliphatic rings. The summed E-state index contributed by atoms with van der Waals surface area (Å²) >= 11 is 0. The first kappa shape index (κ1) is 36.3. The molecule has 0 heterocycles. The molecule has 41 heavy (non-hydrogen) atoms. The number of aldehydes is 1. The van der Waals surface area contributed by atoms with Crippen LogP contribution in [-0.4, -0.2) is 18.4 Å². The standard InChI is InChI=1S/C38H58O3/c1-7-8-9-10-11-12-13-14-15-16-17-18-19-20-21-25-37(40)41-36-28-30-38(5,6)35(34(36)4)27-26-32(2)23-22-24-33(3)29-31-39/h11-12,14-15,22-24,26-27,29,31,36H,7-10,13,16-21,25,28,30H2,1-6H3/b12-11-,15-14-,24-22?,27-26?,32-23?,33-29?. The van der Waals surface area contributed by atoms with E-state index in [1.807, 2.05) is 25.2 Å². The Kier molecular flexibility index (Phi) is 19.5. The Labute approximate surface area is 252 Å². The number of esters is 1. The van der Waals surface area contributed by atoms with Crippen LogP contribution in [0, 0.1) is 5.41 Å². The Balaban J connectivity index is 2.40. The van der Waals surface area contributed by atoms with Crippen molar-refractivity contribution in [3.05, 3.63) is 83.1 Å². The lowest BCUT2D eigenvalue weighted by Crippen LogP contribution is -2.30. The van der Waals surface area contributed by atoms with E-state index in [4.69, 9.17) is 4.74 Å². The average Bonchev–Trinajstić information content (AvgIpc) is 2.92. The van der Waals surface area contributed by atoms with E-state index in [0.29, 0.717) is 6.42 Å². The second-order valence-electron chi connectivity index (χ2n) is 12.1. The van der Waals surface area contributed by atoms with E-state index in [1.165, 1.54) is 56.1 Å². The molecular formula is C38H58O3. The predicted octanol–water partition coefficient (Wildman–Crippen LogP) is 11.1. The molecule has 0 aliphatic heterocycles. The topological polar surface area (TPSA) is 43.4 Å². The molecule has 0 aromatic heterocycles. The third kappa shape index (κ3) is 17.0. The van der Waals surface area contributed by atoms with Crippen LogP contribution in [0.25, 0.3) is 0 Å². The summed E-state index contributed by atoms with van der Waals surface area (Å²) in [6.45, 7) is 12.9. The Morgan fingerprint density at radius 2 is 1.51 bits per heavy atom. The van der Waals surface area contributed by atoms with Gasteiger partial charge in [0.05, 0.1) is 0 Å². The first-order valence-electron chi connectivity index (χ1n) is 16.1. The summed E-state index contributed by atoms with van der Waals surface area (Å²) in [5.41, 5.74) is 4.51. The van der Waals surface area contributed by atoms with Gasteiger partial charge in [0.15, 0.2) is 0 Å². The van der Waals surface area contributed by atoms with Crippen LogP contribution in [0.1, 0.15) is 131 Å². The van der Waals surface area contributed by atoms with Crippen LogP contribution in [-0.2, 0) is 14.3 Å². The fourth-order valence-electron chi connectivity index (χ4n) is 5.14. The summed E-state index contributed by atoms with van der Waals surface area (Å²) in [4.78, 5) is 23.2.